The van der Waals surface area contributed by atoms with Crippen molar-refractivity contribution in [1.29, 1.82) is 0 Å². The van der Waals surface area contributed by atoms with Crippen LogP contribution >= 0.6 is 0 Å². The van der Waals surface area contributed by atoms with Crippen LogP contribution in [0.15, 0.2) is 24.3 Å². The molecule has 1 aromatic heterocycles. The number of esters is 1. The highest BCUT2D eigenvalue weighted by molar-refractivity contribution is 5.99. The van der Waals surface area contributed by atoms with E-state index in [1.807, 2.05) is 6.92 Å². The molecule has 3 rings (SSSR count). The number of hydrogen-bond donors (Lipinski definition) is 1. The van der Waals surface area contributed by atoms with E-state index >= 15 is 0 Å². The summed E-state index contributed by atoms with van der Waals surface area (Å²) in [5.74, 6) is -0.935. The summed E-state index contributed by atoms with van der Waals surface area (Å²) in [6, 6.07) is 6.63. The van der Waals surface area contributed by atoms with Crippen LogP contribution in [0.25, 0.3) is 0 Å². The molecule has 2 aromatic rings. The summed E-state index contributed by atoms with van der Waals surface area (Å²) in [7, 11) is 1.79. The molecule has 0 spiro atoms. The number of benzene rings is 1. The number of rotatable bonds is 5. The maximum absolute atomic E-state index is 12.4. The molecule has 1 aromatic carbocycles. The molecular formula is C20H24N4O4. The number of nitrogens with one attached hydrogen (secondary N) is 1. The van der Waals surface area contributed by atoms with Gasteiger partial charge in [-0.1, -0.05) is 0 Å². The number of carbonyl (C=O) groups is 3. The molecule has 2 amide bonds. The van der Waals surface area contributed by atoms with Crippen LogP contribution in [0.3, 0.4) is 0 Å². The highest BCUT2D eigenvalue weighted by Crippen LogP contribution is 2.22. The van der Waals surface area contributed by atoms with Gasteiger partial charge in [0.1, 0.15) is 0 Å². The molecule has 8 heteroatoms. The van der Waals surface area contributed by atoms with Gasteiger partial charge >= 0.3 is 5.97 Å². The molecular weight excluding hydrogens is 360 g/mol. The predicted molar refractivity (Wildman–Crippen MR) is 104 cm³/mol. The van der Waals surface area contributed by atoms with Crippen molar-refractivity contribution in [2.75, 3.05) is 16.8 Å². The molecule has 1 N–H and O–H groups in total. The third kappa shape index (κ3) is 3.90. The molecule has 1 fully saturated rings. The quantitative estimate of drug-likeness (QED) is 0.799. The summed E-state index contributed by atoms with van der Waals surface area (Å²) in [6.45, 7) is 5.85. The van der Waals surface area contributed by atoms with Gasteiger partial charge in [0.2, 0.25) is 5.91 Å². The highest BCUT2D eigenvalue weighted by Gasteiger charge is 2.23. The van der Waals surface area contributed by atoms with Gasteiger partial charge in [0.15, 0.2) is 6.10 Å². The summed E-state index contributed by atoms with van der Waals surface area (Å²) in [4.78, 5) is 38.2. The molecule has 0 saturated carbocycles. The molecule has 0 unspecified atom stereocenters. The zero-order chi connectivity index (χ0) is 20.4. The molecule has 1 atom stereocenters. The summed E-state index contributed by atoms with van der Waals surface area (Å²) >= 11 is 0. The van der Waals surface area contributed by atoms with Crippen molar-refractivity contribution in [3.8, 4) is 0 Å². The summed E-state index contributed by atoms with van der Waals surface area (Å²) in [6.07, 6.45) is 0.420. The van der Waals surface area contributed by atoms with Gasteiger partial charge in [0.05, 0.1) is 22.6 Å². The Morgan fingerprint density at radius 3 is 2.43 bits per heavy atom. The van der Waals surface area contributed by atoms with E-state index in [1.165, 1.54) is 6.92 Å². The number of aryl methyl sites for hydroxylation is 2. The van der Waals surface area contributed by atoms with Crippen molar-refractivity contribution in [3.05, 3.63) is 41.2 Å². The Bertz CT molecular complexity index is 917. The number of nitrogens with zero attached hydrogens (tertiary/aromatic N) is 3. The van der Waals surface area contributed by atoms with Crippen molar-refractivity contribution in [1.82, 2.24) is 9.78 Å². The van der Waals surface area contributed by atoms with E-state index < -0.39 is 18.0 Å². The second kappa shape index (κ2) is 7.84. The average Bonchev–Trinajstić information content (AvgIpc) is 3.20. The van der Waals surface area contributed by atoms with Crippen LogP contribution in [0.4, 0.5) is 11.4 Å². The lowest BCUT2D eigenvalue weighted by Crippen LogP contribution is -2.30. The van der Waals surface area contributed by atoms with Crippen LogP contribution in [0.2, 0.25) is 0 Å². The van der Waals surface area contributed by atoms with Gasteiger partial charge in [0.25, 0.3) is 5.91 Å². The second-order valence-electron chi connectivity index (χ2n) is 6.90. The lowest BCUT2D eigenvalue weighted by atomic mass is 10.2. The SMILES string of the molecule is Cc1nn(C)c(C)c1NC(=O)[C@H](C)OC(=O)c1ccc(N2CCCC2=O)cc1. The molecule has 1 saturated heterocycles. The first-order chi connectivity index (χ1) is 13.3. The number of carbonyl (C=O) groups excluding carboxylic acids is 3. The van der Waals surface area contributed by atoms with Gasteiger partial charge in [-0.15, -0.1) is 0 Å². The van der Waals surface area contributed by atoms with E-state index in [0.29, 0.717) is 29.9 Å². The van der Waals surface area contributed by atoms with E-state index in [4.69, 9.17) is 4.74 Å². The van der Waals surface area contributed by atoms with Crippen molar-refractivity contribution in [3.63, 3.8) is 0 Å². The maximum atomic E-state index is 12.4. The molecule has 8 nitrogen and oxygen atoms in total. The molecule has 148 valence electrons. The predicted octanol–water partition coefficient (Wildman–Crippen LogP) is 2.35. The van der Waals surface area contributed by atoms with Crippen LogP contribution in [-0.4, -0.2) is 40.2 Å². The number of anilines is 2. The monoisotopic (exact) mass is 384 g/mol. The van der Waals surface area contributed by atoms with Gasteiger partial charge in [0, 0.05) is 25.7 Å². The lowest BCUT2D eigenvalue weighted by Gasteiger charge is -2.16. The van der Waals surface area contributed by atoms with Crippen molar-refractivity contribution in [2.45, 2.75) is 39.7 Å². The molecule has 0 bridgehead atoms. The summed E-state index contributed by atoms with van der Waals surface area (Å²) < 4.78 is 6.96. The maximum Gasteiger partial charge on any atom is 0.338 e. The van der Waals surface area contributed by atoms with Gasteiger partial charge < -0.3 is 15.0 Å². The third-order valence-corrected chi connectivity index (χ3v) is 4.90. The Balaban J connectivity index is 1.62. The molecule has 28 heavy (non-hydrogen) atoms. The van der Waals surface area contributed by atoms with E-state index in [-0.39, 0.29) is 5.91 Å². The minimum Gasteiger partial charge on any atom is -0.449 e. The number of hydrogen-bond acceptors (Lipinski definition) is 5. The first-order valence-electron chi connectivity index (χ1n) is 9.20. The Kier molecular flexibility index (Phi) is 5.48. The number of amides is 2. The molecule has 1 aliphatic rings. The van der Waals surface area contributed by atoms with Crippen LogP contribution in [0.5, 0.6) is 0 Å². The minimum atomic E-state index is -0.966. The fourth-order valence-corrected chi connectivity index (χ4v) is 3.16. The number of ether oxygens (including phenoxy) is 1. The van der Waals surface area contributed by atoms with Gasteiger partial charge in [-0.05, 0) is 51.5 Å². The summed E-state index contributed by atoms with van der Waals surface area (Å²) in [5, 5.41) is 7.01. The van der Waals surface area contributed by atoms with E-state index in [9.17, 15) is 14.4 Å². The largest absolute Gasteiger partial charge is 0.449 e. The minimum absolute atomic E-state index is 0.0848. The van der Waals surface area contributed by atoms with E-state index in [2.05, 4.69) is 10.4 Å². The fourth-order valence-electron chi connectivity index (χ4n) is 3.16. The van der Waals surface area contributed by atoms with Crippen LogP contribution in [0, 0.1) is 13.8 Å². The summed E-state index contributed by atoms with van der Waals surface area (Å²) in [5.41, 5.74) is 3.21. The van der Waals surface area contributed by atoms with Crippen LogP contribution < -0.4 is 10.2 Å². The second-order valence-corrected chi connectivity index (χ2v) is 6.90. The average molecular weight is 384 g/mol. The molecule has 2 heterocycles. The Morgan fingerprint density at radius 1 is 1.21 bits per heavy atom. The van der Waals surface area contributed by atoms with E-state index in [0.717, 1.165) is 17.8 Å². The van der Waals surface area contributed by atoms with Gasteiger partial charge in [-0.25, -0.2) is 4.79 Å². The molecule has 0 radical (unpaired) electrons. The normalized spacial score (nSPS) is 14.9. The highest BCUT2D eigenvalue weighted by atomic mass is 16.5. The van der Waals surface area contributed by atoms with Crippen molar-refractivity contribution >= 4 is 29.2 Å². The first-order valence-corrected chi connectivity index (χ1v) is 9.20. The van der Waals surface area contributed by atoms with E-state index in [1.54, 1.807) is 47.8 Å². The van der Waals surface area contributed by atoms with Gasteiger partial charge in [-0.3, -0.25) is 14.3 Å². The van der Waals surface area contributed by atoms with Crippen molar-refractivity contribution in [2.24, 2.45) is 7.05 Å². The molecule has 1 aliphatic heterocycles. The van der Waals surface area contributed by atoms with Crippen LogP contribution in [0.1, 0.15) is 41.5 Å². The van der Waals surface area contributed by atoms with Crippen LogP contribution in [-0.2, 0) is 21.4 Å². The zero-order valence-electron chi connectivity index (χ0n) is 16.5. The Morgan fingerprint density at radius 2 is 1.89 bits per heavy atom. The van der Waals surface area contributed by atoms with Gasteiger partial charge in [-0.2, -0.15) is 5.10 Å². The third-order valence-electron chi connectivity index (χ3n) is 4.90. The number of aromatic nitrogens is 2. The Labute approximate surface area is 163 Å². The first kappa shape index (κ1) is 19.6. The smallest absolute Gasteiger partial charge is 0.338 e. The topological polar surface area (TPSA) is 93.5 Å². The standard InChI is InChI=1S/C20H24N4O4/c1-12-18(13(2)23(4)22-12)21-19(26)14(3)28-20(27)15-7-9-16(10-8-15)24-11-5-6-17(24)25/h7-10,14H,5-6,11H2,1-4H3,(H,21,26)/t14-/m0/s1. The zero-order valence-corrected chi connectivity index (χ0v) is 16.5. The lowest BCUT2D eigenvalue weighted by molar-refractivity contribution is -0.123. The van der Waals surface area contributed by atoms with Crippen molar-refractivity contribution < 1.29 is 19.1 Å². The Hall–Kier alpha value is -3.16. The molecule has 0 aliphatic carbocycles. The fraction of sp³-hybridized carbons (Fsp3) is 0.400.